The minimum atomic E-state index is -0.171. The van der Waals surface area contributed by atoms with E-state index in [9.17, 15) is 9.59 Å². The van der Waals surface area contributed by atoms with Crippen molar-refractivity contribution in [3.8, 4) is 11.1 Å². The molecule has 246 valence electrons. The summed E-state index contributed by atoms with van der Waals surface area (Å²) in [6.07, 6.45) is 7.82. The van der Waals surface area contributed by atoms with Crippen LogP contribution in [0.3, 0.4) is 0 Å². The highest BCUT2D eigenvalue weighted by Gasteiger charge is 2.37. The Morgan fingerprint density at radius 3 is 2.36 bits per heavy atom. The molecule has 0 spiro atoms. The van der Waals surface area contributed by atoms with Crippen LogP contribution in [0.4, 0.5) is 23.1 Å². The highest BCUT2D eigenvalue weighted by molar-refractivity contribution is 6.06. The predicted molar refractivity (Wildman–Crippen MR) is 181 cm³/mol. The van der Waals surface area contributed by atoms with Crippen LogP contribution in [0.1, 0.15) is 73.4 Å². The van der Waals surface area contributed by atoms with E-state index < -0.39 is 0 Å². The first kappa shape index (κ1) is 31.8. The van der Waals surface area contributed by atoms with Crippen LogP contribution in [0, 0.1) is 5.41 Å². The summed E-state index contributed by atoms with van der Waals surface area (Å²) in [5.41, 5.74) is 11.8. The zero-order valence-corrected chi connectivity index (χ0v) is 27.9. The molecule has 5 aromatic rings. The van der Waals surface area contributed by atoms with Crippen LogP contribution in [-0.4, -0.2) is 36.9 Å². The molecule has 47 heavy (non-hydrogen) atoms. The van der Waals surface area contributed by atoms with Crippen molar-refractivity contribution < 1.29 is 13.8 Å². The van der Waals surface area contributed by atoms with E-state index in [1.54, 1.807) is 29.9 Å². The number of aryl methyl sites for hydroxylation is 3. The molecule has 0 radical (unpaired) electrons. The summed E-state index contributed by atoms with van der Waals surface area (Å²) in [7, 11) is 1.73. The summed E-state index contributed by atoms with van der Waals surface area (Å²) in [5, 5.41) is 10.6. The zero-order valence-electron chi connectivity index (χ0n) is 27.9. The average Bonchev–Trinajstić information content (AvgIpc) is 3.83. The van der Waals surface area contributed by atoms with E-state index in [1.807, 2.05) is 37.1 Å². The van der Waals surface area contributed by atoms with Gasteiger partial charge in [-0.25, -0.2) is 4.98 Å². The topological polar surface area (TPSA) is 150 Å². The van der Waals surface area contributed by atoms with Crippen LogP contribution in [0.5, 0.6) is 0 Å². The van der Waals surface area contributed by atoms with Crippen molar-refractivity contribution in [1.82, 2.24) is 24.4 Å². The fourth-order valence-electron chi connectivity index (χ4n) is 6.57. The number of carbonyl (C=O) groups excluding carboxylic acids is 1. The van der Waals surface area contributed by atoms with Gasteiger partial charge in [-0.3, -0.25) is 14.5 Å². The molecule has 12 heteroatoms. The number of nitrogen functional groups attached to an aromatic ring is 1. The van der Waals surface area contributed by atoms with Gasteiger partial charge in [-0.05, 0) is 54.0 Å². The van der Waals surface area contributed by atoms with Crippen molar-refractivity contribution in [3.63, 3.8) is 0 Å². The van der Waals surface area contributed by atoms with Gasteiger partial charge in [0, 0.05) is 74.3 Å². The van der Waals surface area contributed by atoms with Crippen LogP contribution in [0.15, 0.2) is 56.6 Å². The molecule has 3 N–H and O–H groups in total. The van der Waals surface area contributed by atoms with Gasteiger partial charge in [0.2, 0.25) is 0 Å². The molecule has 0 atom stereocenters. The number of nitrogens with zero attached hydrogens (tertiary/aromatic N) is 6. The minimum Gasteiger partial charge on any atom is -0.381 e. The second-order valence-electron chi connectivity index (χ2n) is 12.9. The first-order valence-electron chi connectivity index (χ1n) is 16.2. The minimum absolute atomic E-state index is 0.00613. The molecular weight excluding hydrogens is 596 g/mol. The van der Waals surface area contributed by atoms with Gasteiger partial charge in [0.05, 0.1) is 0 Å². The molecule has 12 nitrogen and oxygen atoms in total. The normalized spacial score (nSPS) is 14.9. The second kappa shape index (κ2) is 12.6. The molecule has 0 saturated heterocycles. The molecule has 1 amide bonds. The number of nitrogens with two attached hydrogens (primary N) is 1. The second-order valence-corrected chi connectivity index (χ2v) is 12.9. The Kier molecular flexibility index (Phi) is 8.52. The quantitative estimate of drug-likeness (QED) is 0.228. The van der Waals surface area contributed by atoms with E-state index in [0.29, 0.717) is 42.5 Å². The monoisotopic (exact) mass is 638 g/mol. The number of carbonyl (C=O) groups is 1. The summed E-state index contributed by atoms with van der Waals surface area (Å²) in [6.45, 7) is 11.9. The van der Waals surface area contributed by atoms with Crippen molar-refractivity contribution in [3.05, 3.63) is 87.1 Å². The molecule has 0 unspecified atom stereocenters. The van der Waals surface area contributed by atoms with Gasteiger partial charge >= 0.3 is 0 Å². The first-order chi connectivity index (χ1) is 22.5. The molecule has 1 aliphatic carbocycles. The Labute approximate surface area is 273 Å². The summed E-state index contributed by atoms with van der Waals surface area (Å²) < 4.78 is 13.8. The lowest BCUT2D eigenvalue weighted by atomic mass is 9.90. The summed E-state index contributed by atoms with van der Waals surface area (Å²) >= 11 is 0. The fourth-order valence-corrected chi connectivity index (χ4v) is 6.57. The number of aromatic nitrogens is 5. The van der Waals surface area contributed by atoms with E-state index in [0.717, 1.165) is 59.7 Å². The molecule has 0 saturated carbocycles. The summed E-state index contributed by atoms with van der Waals surface area (Å²) in [5.74, 6) is 3.20. The smallest absolute Gasteiger partial charge is 0.276 e. The Hall–Kier alpha value is -5.13. The van der Waals surface area contributed by atoms with Crippen molar-refractivity contribution in [1.29, 1.82) is 0 Å². The molecule has 1 aliphatic heterocycles. The van der Waals surface area contributed by atoms with Gasteiger partial charge in [0.1, 0.15) is 28.7 Å². The molecule has 0 fully saturated rings. The van der Waals surface area contributed by atoms with Crippen LogP contribution < -0.4 is 21.5 Å². The van der Waals surface area contributed by atoms with Gasteiger partial charge < -0.3 is 29.2 Å². The lowest BCUT2D eigenvalue weighted by Gasteiger charge is -2.31. The maximum Gasteiger partial charge on any atom is 0.276 e. The standard InChI is InChI=1S/C30H34N6O3.C5H8N2O/c1-6-20-14-26(33-39-20)32-23-12-19(17-34(5)28(23)37)22-8-9-31-27(21(22)7-2)36-11-10-35-24(29(36)38)13-18-15-30(3,4)16-25(18)35;1-2-4-3-5(6)7-8-4/h8-9,12-14,17H,6-7,10-11,15-16H2,1-5H3,(H,32,33);3H,2H2,1H3,(H2,6,7). The SMILES string of the molecule is CCc1cc(N)no1.CCc1cc(Nc2cc(-c3ccnc(N4CCn5c(cc6c5CC(C)(C)C6)C4=O)c3CC)cn(C)c2=O)no1. The average molecular weight is 639 g/mol. The van der Waals surface area contributed by atoms with E-state index in [-0.39, 0.29) is 16.9 Å². The van der Waals surface area contributed by atoms with Gasteiger partial charge in [-0.1, -0.05) is 44.9 Å². The number of nitrogens with one attached hydrogen (secondary N) is 1. The van der Waals surface area contributed by atoms with E-state index >= 15 is 0 Å². The van der Waals surface area contributed by atoms with E-state index in [2.05, 4.69) is 47.0 Å². The van der Waals surface area contributed by atoms with Crippen LogP contribution in [0.25, 0.3) is 11.1 Å². The Morgan fingerprint density at radius 2 is 1.70 bits per heavy atom. The van der Waals surface area contributed by atoms with Crippen molar-refractivity contribution in [2.45, 2.75) is 73.3 Å². The molecule has 6 heterocycles. The molecule has 0 bridgehead atoms. The van der Waals surface area contributed by atoms with Gasteiger partial charge in [-0.2, -0.15) is 0 Å². The molecule has 7 rings (SSSR count). The number of amides is 1. The maximum absolute atomic E-state index is 13.8. The molecular formula is C35H42N8O4. The van der Waals surface area contributed by atoms with Crippen molar-refractivity contribution in [2.24, 2.45) is 12.5 Å². The van der Waals surface area contributed by atoms with Crippen molar-refractivity contribution in [2.75, 3.05) is 22.5 Å². The number of pyridine rings is 2. The molecule has 5 aromatic heterocycles. The third kappa shape index (κ3) is 6.19. The highest BCUT2D eigenvalue weighted by atomic mass is 16.5. The fraction of sp³-hybridized carbons (Fsp3) is 0.400. The first-order valence-corrected chi connectivity index (χ1v) is 16.2. The van der Waals surface area contributed by atoms with Gasteiger partial charge in [-0.15, -0.1) is 0 Å². The van der Waals surface area contributed by atoms with Gasteiger partial charge in [0.15, 0.2) is 11.6 Å². The number of hydrogen-bond acceptors (Lipinski definition) is 9. The third-order valence-electron chi connectivity index (χ3n) is 8.86. The third-order valence-corrected chi connectivity index (χ3v) is 8.86. The molecule has 0 aromatic carbocycles. The predicted octanol–water partition coefficient (Wildman–Crippen LogP) is 5.71. The number of rotatable bonds is 7. The Morgan fingerprint density at radius 1 is 0.957 bits per heavy atom. The van der Waals surface area contributed by atoms with E-state index in [1.165, 1.54) is 11.3 Å². The maximum atomic E-state index is 13.8. The van der Waals surface area contributed by atoms with Crippen molar-refractivity contribution >= 4 is 29.0 Å². The number of hydrogen-bond donors (Lipinski definition) is 2. The summed E-state index contributed by atoms with van der Waals surface area (Å²) in [4.78, 5) is 33.2. The lowest BCUT2D eigenvalue weighted by molar-refractivity contribution is 0.0963. The Bertz CT molecular complexity index is 2000. The zero-order chi connectivity index (χ0) is 33.5. The van der Waals surface area contributed by atoms with Crippen LogP contribution in [-0.2, 0) is 45.7 Å². The highest BCUT2D eigenvalue weighted by Crippen LogP contribution is 2.40. The van der Waals surface area contributed by atoms with E-state index in [4.69, 9.17) is 19.8 Å². The Balaban J connectivity index is 0.000000424. The van der Waals surface area contributed by atoms with Crippen LogP contribution >= 0.6 is 0 Å². The number of anilines is 4. The molecule has 2 aliphatic rings. The van der Waals surface area contributed by atoms with Crippen LogP contribution in [0.2, 0.25) is 0 Å². The van der Waals surface area contributed by atoms with Gasteiger partial charge in [0.25, 0.3) is 11.5 Å². The lowest BCUT2D eigenvalue weighted by Crippen LogP contribution is -2.41. The number of fused-ring (bicyclic) bond motifs is 3. The summed E-state index contributed by atoms with van der Waals surface area (Å²) in [6, 6.07) is 9.39. The largest absolute Gasteiger partial charge is 0.381 e.